The summed E-state index contributed by atoms with van der Waals surface area (Å²) in [6, 6.07) is 10.5. The van der Waals surface area contributed by atoms with Gasteiger partial charge in [0, 0.05) is 10.6 Å². The fourth-order valence-electron chi connectivity index (χ4n) is 1.70. The summed E-state index contributed by atoms with van der Waals surface area (Å²) >= 11 is 17.6. The maximum Gasteiger partial charge on any atom is 0.255 e. The van der Waals surface area contributed by atoms with Crippen LogP contribution in [-0.2, 0) is 14.8 Å². The van der Waals surface area contributed by atoms with Gasteiger partial charge < -0.3 is 0 Å². The van der Waals surface area contributed by atoms with E-state index in [1.54, 1.807) is 18.2 Å². The van der Waals surface area contributed by atoms with Crippen LogP contribution in [0.2, 0.25) is 15.1 Å². The number of halogens is 3. The van der Waals surface area contributed by atoms with Crippen molar-refractivity contribution in [1.29, 1.82) is 0 Å². The minimum absolute atomic E-state index is 0.00366. The molecule has 2 aromatic carbocycles. The van der Waals surface area contributed by atoms with Gasteiger partial charge in [0.25, 0.3) is 5.91 Å². The van der Waals surface area contributed by atoms with E-state index in [0.29, 0.717) is 20.6 Å². The van der Waals surface area contributed by atoms with E-state index in [1.165, 1.54) is 30.5 Å². The van der Waals surface area contributed by atoms with Crippen LogP contribution >= 0.6 is 34.8 Å². The van der Waals surface area contributed by atoms with Crippen LogP contribution in [-0.4, -0.2) is 27.1 Å². The smallest absolute Gasteiger partial charge is 0.255 e. The summed E-state index contributed by atoms with van der Waals surface area (Å²) in [6.45, 7) is -0.488. The van der Waals surface area contributed by atoms with Crippen LogP contribution in [0.3, 0.4) is 0 Å². The molecule has 25 heavy (non-hydrogen) atoms. The molecule has 0 aliphatic heterocycles. The standard InChI is InChI=1S/C15H12Cl3N3O3S/c16-10-4-6-11(7-5-10)25(23,24)20-9-15(22)21-19-8-12-13(17)2-1-3-14(12)18/h1-8,20H,9H2,(H,21,22)/b19-8+. The Hall–Kier alpha value is -1.64. The van der Waals surface area contributed by atoms with Crippen molar-refractivity contribution in [1.82, 2.24) is 10.1 Å². The number of benzene rings is 2. The fourth-order valence-corrected chi connectivity index (χ4v) is 3.30. The zero-order valence-electron chi connectivity index (χ0n) is 12.5. The molecule has 0 atom stereocenters. The van der Waals surface area contributed by atoms with E-state index in [4.69, 9.17) is 34.8 Å². The predicted octanol–water partition coefficient (Wildman–Crippen LogP) is 3.08. The molecule has 0 radical (unpaired) electrons. The topological polar surface area (TPSA) is 87.6 Å². The van der Waals surface area contributed by atoms with Crippen molar-refractivity contribution in [3.63, 3.8) is 0 Å². The molecule has 2 rings (SSSR count). The molecule has 132 valence electrons. The quantitative estimate of drug-likeness (QED) is 0.556. The number of sulfonamides is 1. The molecular formula is C15H12Cl3N3O3S. The molecular weight excluding hydrogens is 409 g/mol. The SMILES string of the molecule is O=C(CNS(=O)(=O)c1ccc(Cl)cc1)N/N=C/c1c(Cl)cccc1Cl. The van der Waals surface area contributed by atoms with Crippen LogP contribution in [0.5, 0.6) is 0 Å². The van der Waals surface area contributed by atoms with Gasteiger partial charge in [-0.3, -0.25) is 4.79 Å². The zero-order chi connectivity index (χ0) is 18.4. The third kappa shape index (κ3) is 5.69. The normalized spacial score (nSPS) is 11.6. The van der Waals surface area contributed by atoms with Gasteiger partial charge in [-0.1, -0.05) is 40.9 Å². The van der Waals surface area contributed by atoms with Crippen molar-refractivity contribution in [3.05, 3.63) is 63.1 Å². The molecule has 0 aromatic heterocycles. The Kier molecular flexibility index (Phi) is 6.80. The van der Waals surface area contributed by atoms with E-state index < -0.39 is 22.5 Å². The highest BCUT2D eigenvalue weighted by atomic mass is 35.5. The van der Waals surface area contributed by atoms with E-state index in [2.05, 4.69) is 15.2 Å². The van der Waals surface area contributed by atoms with Crippen LogP contribution in [0, 0.1) is 0 Å². The monoisotopic (exact) mass is 419 g/mol. The van der Waals surface area contributed by atoms with Crippen molar-refractivity contribution in [3.8, 4) is 0 Å². The van der Waals surface area contributed by atoms with Crippen LogP contribution in [0.25, 0.3) is 0 Å². The number of rotatable bonds is 6. The molecule has 0 heterocycles. The number of hydrogen-bond acceptors (Lipinski definition) is 4. The summed E-state index contributed by atoms with van der Waals surface area (Å²) in [4.78, 5) is 11.7. The highest BCUT2D eigenvalue weighted by Gasteiger charge is 2.15. The van der Waals surface area contributed by atoms with Gasteiger partial charge in [-0.15, -0.1) is 0 Å². The molecule has 0 saturated carbocycles. The highest BCUT2D eigenvalue weighted by molar-refractivity contribution is 7.89. The predicted molar refractivity (Wildman–Crippen MR) is 98.8 cm³/mol. The first-order valence-electron chi connectivity index (χ1n) is 6.81. The summed E-state index contributed by atoms with van der Waals surface area (Å²) < 4.78 is 26.2. The van der Waals surface area contributed by atoms with Gasteiger partial charge >= 0.3 is 0 Å². The molecule has 0 saturated heterocycles. The summed E-state index contributed by atoms with van der Waals surface area (Å²) in [5, 5.41) is 4.85. The molecule has 0 spiro atoms. The molecule has 0 aliphatic carbocycles. The van der Waals surface area contributed by atoms with Crippen LogP contribution in [0.15, 0.2) is 52.5 Å². The highest BCUT2D eigenvalue weighted by Crippen LogP contribution is 2.22. The summed E-state index contributed by atoms with van der Waals surface area (Å²) in [5.74, 6) is -0.656. The van der Waals surface area contributed by atoms with Gasteiger partial charge in [-0.25, -0.2) is 18.6 Å². The maximum absolute atomic E-state index is 12.0. The molecule has 1 amide bonds. The lowest BCUT2D eigenvalue weighted by Crippen LogP contribution is -2.34. The lowest BCUT2D eigenvalue weighted by molar-refractivity contribution is -0.119. The third-order valence-corrected chi connectivity index (χ3v) is 5.26. The van der Waals surface area contributed by atoms with Crippen molar-refractivity contribution in [2.75, 3.05) is 6.54 Å². The summed E-state index contributed by atoms with van der Waals surface area (Å²) in [6.07, 6.45) is 1.27. The lowest BCUT2D eigenvalue weighted by Gasteiger charge is -2.06. The van der Waals surface area contributed by atoms with E-state index in [9.17, 15) is 13.2 Å². The largest absolute Gasteiger partial charge is 0.272 e. The first-order valence-corrected chi connectivity index (χ1v) is 9.42. The van der Waals surface area contributed by atoms with Gasteiger partial charge in [0.05, 0.1) is 27.7 Å². The van der Waals surface area contributed by atoms with Gasteiger partial charge in [-0.2, -0.15) is 5.10 Å². The number of carbonyl (C=O) groups is 1. The molecule has 2 N–H and O–H groups in total. The van der Waals surface area contributed by atoms with E-state index >= 15 is 0 Å². The molecule has 2 aromatic rings. The average molecular weight is 421 g/mol. The van der Waals surface area contributed by atoms with Crippen LogP contribution in [0.1, 0.15) is 5.56 Å². The zero-order valence-corrected chi connectivity index (χ0v) is 15.6. The van der Waals surface area contributed by atoms with Crippen molar-refractivity contribution in [2.24, 2.45) is 5.10 Å². The molecule has 0 fully saturated rings. The fraction of sp³-hybridized carbons (Fsp3) is 0.0667. The Morgan fingerprint density at radius 3 is 2.24 bits per heavy atom. The minimum Gasteiger partial charge on any atom is -0.272 e. The van der Waals surface area contributed by atoms with Gasteiger partial charge in [0.1, 0.15) is 0 Å². The number of hydrogen-bond donors (Lipinski definition) is 2. The maximum atomic E-state index is 12.0. The molecule has 6 nitrogen and oxygen atoms in total. The Balaban J connectivity index is 1.92. The van der Waals surface area contributed by atoms with E-state index in [-0.39, 0.29) is 4.90 Å². The lowest BCUT2D eigenvalue weighted by atomic mass is 10.2. The Morgan fingerprint density at radius 1 is 1.04 bits per heavy atom. The van der Waals surface area contributed by atoms with Crippen molar-refractivity contribution >= 4 is 56.9 Å². The van der Waals surface area contributed by atoms with Crippen molar-refractivity contribution < 1.29 is 13.2 Å². The Labute approximate surface area is 159 Å². The van der Waals surface area contributed by atoms with Crippen LogP contribution in [0.4, 0.5) is 0 Å². The van der Waals surface area contributed by atoms with E-state index in [0.717, 1.165) is 0 Å². The van der Waals surface area contributed by atoms with Crippen molar-refractivity contribution in [2.45, 2.75) is 4.90 Å². The molecule has 10 heteroatoms. The molecule has 0 aliphatic rings. The second-order valence-corrected chi connectivity index (χ2v) is 7.72. The summed E-state index contributed by atoms with van der Waals surface area (Å²) in [5.41, 5.74) is 2.62. The Bertz CT molecular complexity index is 880. The van der Waals surface area contributed by atoms with E-state index in [1.807, 2.05) is 0 Å². The molecule has 0 unspecified atom stereocenters. The second-order valence-electron chi connectivity index (χ2n) is 4.71. The first-order chi connectivity index (χ1) is 11.8. The molecule has 0 bridgehead atoms. The third-order valence-electron chi connectivity index (χ3n) is 2.93. The van der Waals surface area contributed by atoms with Gasteiger partial charge in [0.15, 0.2) is 0 Å². The number of amides is 1. The number of hydrazone groups is 1. The van der Waals surface area contributed by atoms with Crippen LogP contribution < -0.4 is 10.1 Å². The Morgan fingerprint density at radius 2 is 1.64 bits per heavy atom. The average Bonchev–Trinajstić information content (AvgIpc) is 2.56. The number of carbonyl (C=O) groups excluding carboxylic acids is 1. The van der Waals surface area contributed by atoms with Gasteiger partial charge in [0.2, 0.25) is 10.0 Å². The second kappa shape index (κ2) is 8.64. The number of nitrogens with one attached hydrogen (secondary N) is 2. The first kappa shape index (κ1) is 19.7. The summed E-state index contributed by atoms with van der Waals surface area (Å²) in [7, 11) is -3.83. The van der Waals surface area contributed by atoms with Gasteiger partial charge in [-0.05, 0) is 36.4 Å². The minimum atomic E-state index is -3.83. The number of nitrogens with zero attached hydrogens (tertiary/aromatic N) is 1.